The van der Waals surface area contributed by atoms with Crippen LogP contribution >= 0.6 is 0 Å². The predicted molar refractivity (Wildman–Crippen MR) is 67.1 cm³/mol. The molecule has 0 saturated heterocycles. The summed E-state index contributed by atoms with van der Waals surface area (Å²) >= 11 is 0. The molecule has 88 valence electrons. The van der Waals surface area contributed by atoms with Gasteiger partial charge in [-0.3, -0.25) is 0 Å². The second-order valence-electron chi connectivity index (χ2n) is 3.49. The van der Waals surface area contributed by atoms with Gasteiger partial charge in [0.05, 0.1) is 12.6 Å². The Balaban J connectivity index is 2.85. The molecule has 1 aromatic carbocycles. The van der Waals surface area contributed by atoms with Crippen LogP contribution in [0.1, 0.15) is 12.5 Å². The van der Waals surface area contributed by atoms with Gasteiger partial charge in [-0.05, 0) is 30.7 Å². The molecule has 0 unspecified atom stereocenters. The number of hydrogen-bond donors (Lipinski definition) is 0. The smallest absolute Gasteiger partial charge is 0.338 e. The number of hydrogen-bond acceptors (Lipinski definition) is 3. The van der Waals surface area contributed by atoms with E-state index in [2.05, 4.69) is 11.4 Å². The number of esters is 1. The molecule has 0 aliphatic rings. The largest absolute Gasteiger partial charge is 0.423 e. The standard InChI is InChI=1S/C14H10N2O2/c1-10(2)14(17)18-13-6-4-11(5-7-13)8-12(9-15)16-3/h4-8H,1H2,2H3. The van der Waals surface area contributed by atoms with Gasteiger partial charge in [0.1, 0.15) is 5.75 Å². The quantitative estimate of drug-likeness (QED) is 0.267. The summed E-state index contributed by atoms with van der Waals surface area (Å²) in [6.07, 6.45) is 1.46. The SMILES string of the molecule is [C-]#[N+]C(C#N)=Cc1ccc(OC(=O)C(=C)C)cc1. The summed E-state index contributed by atoms with van der Waals surface area (Å²) in [5.41, 5.74) is 1.01. The number of rotatable bonds is 3. The maximum Gasteiger partial charge on any atom is 0.338 e. The fourth-order valence-electron chi connectivity index (χ4n) is 1.07. The highest BCUT2D eigenvalue weighted by molar-refractivity contribution is 5.88. The Labute approximate surface area is 105 Å². The van der Waals surface area contributed by atoms with Crippen molar-refractivity contribution in [2.45, 2.75) is 6.92 Å². The summed E-state index contributed by atoms with van der Waals surface area (Å²) < 4.78 is 5.00. The molecule has 18 heavy (non-hydrogen) atoms. The van der Waals surface area contributed by atoms with Crippen molar-refractivity contribution in [3.8, 4) is 11.8 Å². The lowest BCUT2D eigenvalue weighted by molar-refractivity contribution is -0.130. The number of carbonyl (C=O) groups is 1. The molecule has 0 fully saturated rings. The van der Waals surface area contributed by atoms with Crippen LogP contribution in [0.2, 0.25) is 0 Å². The van der Waals surface area contributed by atoms with Gasteiger partial charge in [-0.15, -0.1) is 0 Å². The third kappa shape index (κ3) is 3.62. The van der Waals surface area contributed by atoms with Crippen molar-refractivity contribution in [2.75, 3.05) is 0 Å². The fraction of sp³-hybridized carbons (Fsp3) is 0.0714. The lowest BCUT2D eigenvalue weighted by Gasteiger charge is -2.03. The van der Waals surface area contributed by atoms with Crippen molar-refractivity contribution in [2.24, 2.45) is 0 Å². The molecule has 4 heteroatoms. The minimum Gasteiger partial charge on any atom is -0.423 e. The lowest BCUT2D eigenvalue weighted by Crippen LogP contribution is -2.07. The molecule has 0 aromatic heterocycles. The zero-order valence-corrected chi connectivity index (χ0v) is 9.80. The summed E-state index contributed by atoms with van der Waals surface area (Å²) in [6.45, 7) is 11.8. The Kier molecular flexibility index (Phi) is 4.42. The summed E-state index contributed by atoms with van der Waals surface area (Å²) in [6, 6.07) is 8.26. The topological polar surface area (TPSA) is 54.4 Å². The molecule has 1 aromatic rings. The van der Waals surface area contributed by atoms with Crippen molar-refractivity contribution in [3.05, 3.63) is 59.1 Å². The van der Waals surface area contributed by atoms with E-state index in [1.807, 2.05) is 0 Å². The van der Waals surface area contributed by atoms with Crippen LogP contribution in [0, 0.1) is 17.9 Å². The summed E-state index contributed by atoms with van der Waals surface area (Å²) in [4.78, 5) is 14.3. The molecule has 0 saturated carbocycles. The Hall–Kier alpha value is -2.85. The summed E-state index contributed by atoms with van der Waals surface area (Å²) in [5.74, 6) is -0.0985. The zero-order valence-electron chi connectivity index (χ0n) is 9.80. The van der Waals surface area contributed by atoms with Gasteiger partial charge >= 0.3 is 5.97 Å². The minimum atomic E-state index is -0.489. The molecule has 0 aliphatic heterocycles. The van der Waals surface area contributed by atoms with Gasteiger partial charge < -0.3 is 4.74 Å². The van der Waals surface area contributed by atoms with E-state index in [1.54, 1.807) is 37.3 Å². The first-order chi connectivity index (χ1) is 8.56. The summed E-state index contributed by atoms with van der Waals surface area (Å²) in [5, 5.41) is 8.61. The third-order valence-corrected chi connectivity index (χ3v) is 1.98. The second-order valence-corrected chi connectivity index (χ2v) is 3.49. The van der Waals surface area contributed by atoms with E-state index in [1.165, 1.54) is 6.08 Å². The molecule has 0 amide bonds. The van der Waals surface area contributed by atoms with Gasteiger partial charge in [0.2, 0.25) is 0 Å². The van der Waals surface area contributed by atoms with E-state index in [9.17, 15) is 4.79 Å². The highest BCUT2D eigenvalue weighted by Gasteiger charge is 2.04. The van der Waals surface area contributed by atoms with E-state index < -0.39 is 5.97 Å². The maximum absolute atomic E-state index is 11.3. The van der Waals surface area contributed by atoms with E-state index in [0.717, 1.165) is 0 Å². The summed E-state index contributed by atoms with van der Waals surface area (Å²) in [7, 11) is 0. The van der Waals surface area contributed by atoms with Crippen LogP contribution in [0.15, 0.2) is 42.1 Å². The van der Waals surface area contributed by atoms with Crippen LogP contribution in [-0.4, -0.2) is 5.97 Å². The average molecular weight is 238 g/mol. The Morgan fingerprint density at radius 2 is 2.11 bits per heavy atom. The lowest BCUT2D eigenvalue weighted by atomic mass is 10.2. The monoisotopic (exact) mass is 238 g/mol. The fourth-order valence-corrected chi connectivity index (χ4v) is 1.07. The molecule has 0 spiro atoms. The molecule has 0 heterocycles. The maximum atomic E-state index is 11.3. The van der Waals surface area contributed by atoms with Gasteiger partial charge in [0, 0.05) is 5.57 Å². The third-order valence-electron chi connectivity index (χ3n) is 1.98. The second kappa shape index (κ2) is 6.03. The van der Waals surface area contributed by atoms with Crippen molar-refractivity contribution in [1.82, 2.24) is 0 Å². The van der Waals surface area contributed by atoms with E-state index in [-0.39, 0.29) is 5.70 Å². The first-order valence-electron chi connectivity index (χ1n) is 5.04. The molecule has 0 radical (unpaired) electrons. The van der Waals surface area contributed by atoms with Crippen molar-refractivity contribution < 1.29 is 9.53 Å². The molecule has 0 N–H and O–H groups in total. The Morgan fingerprint density at radius 1 is 1.50 bits per heavy atom. The van der Waals surface area contributed by atoms with Crippen LogP contribution in [0.5, 0.6) is 5.75 Å². The Morgan fingerprint density at radius 3 is 2.56 bits per heavy atom. The molecular weight excluding hydrogens is 228 g/mol. The van der Waals surface area contributed by atoms with Crippen LogP contribution in [0.25, 0.3) is 10.9 Å². The number of allylic oxidation sites excluding steroid dienone is 1. The van der Waals surface area contributed by atoms with Gasteiger partial charge in [0.25, 0.3) is 5.70 Å². The first-order valence-corrected chi connectivity index (χ1v) is 5.04. The highest BCUT2D eigenvalue weighted by Crippen LogP contribution is 2.15. The molecular formula is C14H10N2O2. The van der Waals surface area contributed by atoms with Crippen molar-refractivity contribution >= 4 is 12.0 Å². The average Bonchev–Trinajstić information content (AvgIpc) is 2.37. The van der Waals surface area contributed by atoms with Gasteiger partial charge in [-0.25, -0.2) is 14.9 Å². The molecule has 0 bridgehead atoms. The molecule has 0 atom stereocenters. The molecule has 0 aliphatic carbocycles. The van der Waals surface area contributed by atoms with E-state index in [0.29, 0.717) is 16.9 Å². The first kappa shape index (κ1) is 13.2. The highest BCUT2D eigenvalue weighted by atomic mass is 16.5. The number of nitriles is 1. The number of benzene rings is 1. The zero-order chi connectivity index (χ0) is 13.5. The predicted octanol–water partition coefficient (Wildman–Crippen LogP) is 2.95. The molecule has 4 nitrogen and oxygen atoms in total. The van der Waals surface area contributed by atoms with Crippen LogP contribution in [0.3, 0.4) is 0 Å². The minimum absolute atomic E-state index is 0.00156. The number of carbonyl (C=O) groups excluding carboxylic acids is 1. The van der Waals surface area contributed by atoms with Crippen LogP contribution in [0.4, 0.5) is 0 Å². The van der Waals surface area contributed by atoms with Crippen molar-refractivity contribution in [1.29, 1.82) is 5.26 Å². The van der Waals surface area contributed by atoms with Gasteiger partial charge in [0.15, 0.2) is 0 Å². The van der Waals surface area contributed by atoms with Crippen LogP contribution < -0.4 is 4.74 Å². The van der Waals surface area contributed by atoms with Crippen molar-refractivity contribution in [3.63, 3.8) is 0 Å². The van der Waals surface area contributed by atoms with E-state index >= 15 is 0 Å². The number of ether oxygens (including phenoxy) is 1. The normalized spacial score (nSPS) is 10.1. The van der Waals surface area contributed by atoms with Gasteiger partial charge in [-0.1, -0.05) is 18.7 Å². The van der Waals surface area contributed by atoms with Crippen LogP contribution in [-0.2, 0) is 4.79 Å². The van der Waals surface area contributed by atoms with E-state index in [4.69, 9.17) is 16.6 Å². The molecule has 1 rings (SSSR count). The van der Waals surface area contributed by atoms with Gasteiger partial charge in [-0.2, -0.15) is 0 Å². The Bertz CT molecular complexity index is 568. The number of nitrogens with zero attached hydrogens (tertiary/aromatic N) is 2.